The molecule has 6 rings (SSSR count). The van der Waals surface area contributed by atoms with Crippen molar-refractivity contribution in [1.82, 2.24) is 0 Å². The standard InChI is InChI=1S/C26H15FN2O7/c27-18-8-4-3-7-17(18)21-19-20(26(36-21)22(30)15-5-1-2-6-16(15)23(26)31)25(33)28(24(19)32)13-9-11-14(12-10-13)29(34)35/h1-12,19-21H/t19-,20-,21+/m0/s1. The number of nitro groups is 1. The smallest absolute Gasteiger partial charge is 0.269 e. The number of imide groups is 1. The van der Waals surface area contributed by atoms with Gasteiger partial charge in [0.05, 0.1) is 28.6 Å². The van der Waals surface area contributed by atoms with Crippen LogP contribution in [0.15, 0.2) is 72.8 Å². The molecule has 1 spiro atoms. The van der Waals surface area contributed by atoms with E-state index in [-0.39, 0.29) is 28.1 Å². The number of fused-ring (bicyclic) bond motifs is 3. The molecule has 1 aliphatic carbocycles. The Hall–Kier alpha value is -4.57. The van der Waals surface area contributed by atoms with Crippen LogP contribution in [0.2, 0.25) is 0 Å². The van der Waals surface area contributed by atoms with Gasteiger partial charge in [-0.3, -0.25) is 29.3 Å². The number of amides is 2. The summed E-state index contributed by atoms with van der Waals surface area (Å²) in [7, 11) is 0. The number of hydrogen-bond donors (Lipinski definition) is 0. The van der Waals surface area contributed by atoms with E-state index in [4.69, 9.17) is 4.74 Å². The van der Waals surface area contributed by atoms with Crippen molar-refractivity contribution in [2.24, 2.45) is 11.8 Å². The van der Waals surface area contributed by atoms with Gasteiger partial charge in [0.15, 0.2) is 0 Å². The molecule has 0 bridgehead atoms. The zero-order chi connectivity index (χ0) is 25.4. The van der Waals surface area contributed by atoms with Gasteiger partial charge in [0, 0.05) is 28.8 Å². The molecule has 10 heteroatoms. The Labute approximate surface area is 202 Å². The molecule has 0 N–H and O–H groups in total. The molecule has 3 aliphatic rings. The van der Waals surface area contributed by atoms with Gasteiger partial charge in [-0.25, -0.2) is 9.29 Å². The maximum atomic E-state index is 14.9. The second kappa shape index (κ2) is 7.46. The Kier molecular flexibility index (Phi) is 4.55. The number of nitrogens with zero attached hydrogens (tertiary/aromatic N) is 2. The van der Waals surface area contributed by atoms with Crippen LogP contribution in [0.3, 0.4) is 0 Å². The summed E-state index contributed by atoms with van der Waals surface area (Å²) < 4.78 is 20.9. The number of Topliss-reactive ketones (excluding diaryl/α,β-unsaturated/α-hetero) is 2. The topological polar surface area (TPSA) is 124 Å². The van der Waals surface area contributed by atoms with Gasteiger partial charge < -0.3 is 4.74 Å². The van der Waals surface area contributed by atoms with E-state index in [1.165, 1.54) is 42.5 Å². The molecule has 2 saturated heterocycles. The van der Waals surface area contributed by atoms with E-state index in [0.717, 1.165) is 23.1 Å². The number of hydrogen-bond acceptors (Lipinski definition) is 7. The fourth-order valence-electron chi connectivity index (χ4n) is 5.48. The first-order valence-electron chi connectivity index (χ1n) is 11.0. The molecule has 0 saturated carbocycles. The number of benzene rings is 3. The van der Waals surface area contributed by atoms with Crippen LogP contribution < -0.4 is 4.90 Å². The molecule has 2 aliphatic heterocycles. The molecular weight excluding hydrogens is 471 g/mol. The van der Waals surface area contributed by atoms with Gasteiger partial charge in [-0.15, -0.1) is 0 Å². The summed E-state index contributed by atoms with van der Waals surface area (Å²) in [4.78, 5) is 66.0. The molecule has 3 atom stereocenters. The number of halogens is 1. The Morgan fingerprint density at radius 2 is 1.42 bits per heavy atom. The minimum Gasteiger partial charge on any atom is -0.349 e. The van der Waals surface area contributed by atoms with Crippen LogP contribution in [-0.2, 0) is 14.3 Å². The lowest BCUT2D eigenvalue weighted by Gasteiger charge is -2.27. The number of carbonyl (C=O) groups is 4. The predicted octanol–water partition coefficient (Wildman–Crippen LogP) is 3.43. The van der Waals surface area contributed by atoms with Crippen LogP contribution >= 0.6 is 0 Å². The van der Waals surface area contributed by atoms with Crippen molar-refractivity contribution < 1.29 is 33.2 Å². The number of carbonyl (C=O) groups excluding carboxylic acids is 4. The number of ketones is 2. The first-order chi connectivity index (χ1) is 17.3. The molecular formula is C26H15FN2O7. The fraction of sp³-hybridized carbons (Fsp3) is 0.154. The van der Waals surface area contributed by atoms with E-state index >= 15 is 0 Å². The number of nitro benzene ring substituents is 1. The van der Waals surface area contributed by atoms with Crippen molar-refractivity contribution in [3.05, 3.63) is 105 Å². The minimum absolute atomic E-state index is 0.0304. The van der Waals surface area contributed by atoms with Crippen LogP contribution in [0.1, 0.15) is 32.4 Å². The third kappa shape index (κ3) is 2.67. The van der Waals surface area contributed by atoms with E-state index in [1.807, 2.05) is 0 Å². The molecule has 9 nitrogen and oxygen atoms in total. The SMILES string of the molecule is O=C1[C@@H]2[C@@H](c3ccccc3F)OC3(C(=O)c4ccccc4C3=O)[C@@H]2C(=O)N1c1ccc([N+](=O)[O-])cc1. The highest BCUT2D eigenvalue weighted by molar-refractivity contribution is 6.37. The average Bonchev–Trinajstić information content (AvgIpc) is 3.44. The van der Waals surface area contributed by atoms with Gasteiger partial charge in [-0.1, -0.05) is 42.5 Å². The molecule has 3 aromatic carbocycles. The van der Waals surface area contributed by atoms with Crippen LogP contribution in [0.5, 0.6) is 0 Å². The summed E-state index contributed by atoms with van der Waals surface area (Å²) in [6, 6.07) is 16.2. The van der Waals surface area contributed by atoms with Crippen LogP contribution in [0.25, 0.3) is 0 Å². The van der Waals surface area contributed by atoms with Gasteiger partial charge >= 0.3 is 0 Å². The molecule has 2 amide bonds. The lowest BCUT2D eigenvalue weighted by molar-refractivity contribution is -0.384. The number of rotatable bonds is 3. The van der Waals surface area contributed by atoms with Crippen LogP contribution in [-0.4, -0.2) is 33.9 Å². The van der Waals surface area contributed by atoms with Crippen molar-refractivity contribution in [3.63, 3.8) is 0 Å². The van der Waals surface area contributed by atoms with E-state index in [9.17, 15) is 33.7 Å². The number of ether oxygens (including phenoxy) is 1. The molecule has 0 radical (unpaired) electrons. The van der Waals surface area contributed by atoms with Crippen molar-refractivity contribution >= 4 is 34.8 Å². The van der Waals surface area contributed by atoms with Crippen molar-refractivity contribution in [2.45, 2.75) is 11.7 Å². The maximum Gasteiger partial charge on any atom is 0.269 e. The van der Waals surface area contributed by atoms with Crippen molar-refractivity contribution in [2.75, 3.05) is 4.90 Å². The molecule has 178 valence electrons. The summed E-state index contributed by atoms with van der Waals surface area (Å²) >= 11 is 0. The fourth-order valence-corrected chi connectivity index (χ4v) is 5.48. The summed E-state index contributed by atoms with van der Waals surface area (Å²) in [6.07, 6.45) is -1.39. The lowest BCUT2D eigenvalue weighted by atomic mass is 9.77. The third-order valence-electron chi connectivity index (χ3n) is 7.05. The van der Waals surface area contributed by atoms with Gasteiger partial charge in [-0.05, 0) is 18.2 Å². The summed E-state index contributed by atoms with van der Waals surface area (Å²) in [6.45, 7) is 0. The van der Waals surface area contributed by atoms with Gasteiger partial charge in [-0.2, -0.15) is 0 Å². The zero-order valence-corrected chi connectivity index (χ0v) is 18.3. The second-order valence-corrected chi connectivity index (χ2v) is 8.79. The van der Waals surface area contributed by atoms with Crippen LogP contribution in [0, 0.1) is 27.8 Å². The van der Waals surface area contributed by atoms with Gasteiger partial charge in [0.2, 0.25) is 29.0 Å². The zero-order valence-electron chi connectivity index (χ0n) is 18.3. The summed E-state index contributed by atoms with van der Waals surface area (Å²) in [5.41, 5.74) is -2.49. The molecule has 0 unspecified atom stereocenters. The Morgan fingerprint density at radius 3 is 2.00 bits per heavy atom. The van der Waals surface area contributed by atoms with Gasteiger partial charge in [0.1, 0.15) is 5.82 Å². The van der Waals surface area contributed by atoms with E-state index < -0.39 is 57.7 Å². The highest BCUT2D eigenvalue weighted by Crippen LogP contribution is 2.58. The van der Waals surface area contributed by atoms with Gasteiger partial charge in [0.25, 0.3) is 5.69 Å². The summed E-state index contributed by atoms with van der Waals surface area (Å²) in [5.74, 6) is -6.81. The molecule has 36 heavy (non-hydrogen) atoms. The minimum atomic E-state index is -2.33. The molecule has 2 fully saturated rings. The highest BCUT2D eigenvalue weighted by atomic mass is 19.1. The Morgan fingerprint density at radius 1 is 0.833 bits per heavy atom. The molecule has 0 aromatic heterocycles. The highest BCUT2D eigenvalue weighted by Gasteiger charge is 2.75. The first kappa shape index (κ1) is 21.9. The molecule has 3 aromatic rings. The molecule has 2 heterocycles. The normalized spacial score (nSPS) is 23.9. The first-order valence-corrected chi connectivity index (χ1v) is 11.0. The Bertz CT molecular complexity index is 1480. The maximum absolute atomic E-state index is 14.9. The van der Waals surface area contributed by atoms with E-state index in [1.54, 1.807) is 12.1 Å². The number of anilines is 1. The lowest BCUT2D eigenvalue weighted by Crippen LogP contribution is -2.51. The largest absolute Gasteiger partial charge is 0.349 e. The number of non-ortho nitro benzene ring substituents is 1. The second-order valence-electron chi connectivity index (χ2n) is 8.79. The monoisotopic (exact) mass is 486 g/mol. The quantitative estimate of drug-likeness (QED) is 0.240. The predicted molar refractivity (Wildman–Crippen MR) is 121 cm³/mol. The van der Waals surface area contributed by atoms with Crippen LogP contribution in [0.4, 0.5) is 15.8 Å². The third-order valence-corrected chi connectivity index (χ3v) is 7.05. The van der Waals surface area contributed by atoms with Crippen molar-refractivity contribution in [3.8, 4) is 0 Å². The average molecular weight is 486 g/mol. The van der Waals surface area contributed by atoms with E-state index in [0.29, 0.717) is 0 Å². The van der Waals surface area contributed by atoms with E-state index in [2.05, 4.69) is 0 Å². The Balaban J connectivity index is 1.53. The van der Waals surface area contributed by atoms with Crippen molar-refractivity contribution in [1.29, 1.82) is 0 Å². The summed E-state index contributed by atoms with van der Waals surface area (Å²) in [5, 5.41) is 11.0.